The molecule has 150 valence electrons. The Morgan fingerprint density at radius 1 is 1.11 bits per heavy atom. The minimum Gasteiger partial charge on any atom is -0.478 e. The molecule has 0 spiro atoms. The van der Waals surface area contributed by atoms with E-state index in [1.165, 1.54) is 35.6 Å². The molecule has 1 aliphatic heterocycles. The Morgan fingerprint density at radius 3 is 2.39 bits per heavy atom. The quantitative estimate of drug-likeness (QED) is 0.753. The van der Waals surface area contributed by atoms with E-state index in [1.54, 1.807) is 13.8 Å². The number of nitrogens with zero attached hydrogens (tertiary/aromatic N) is 1. The number of hydrogen-bond acceptors (Lipinski definition) is 5. The van der Waals surface area contributed by atoms with E-state index in [-0.39, 0.29) is 21.9 Å². The minimum atomic E-state index is -4.01. The first-order chi connectivity index (χ1) is 13.0. The van der Waals surface area contributed by atoms with E-state index in [1.807, 2.05) is 0 Å². The molecule has 1 heterocycles. The third-order valence-electron chi connectivity index (χ3n) is 4.92. The van der Waals surface area contributed by atoms with Gasteiger partial charge in [0, 0.05) is 6.54 Å². The number of sulfonamides is 2. The van der Waals surface area contributed by atoms with Crippen LogP contribution in [0.25, 0.3) is 0 Å². The van der Waals surface area contributed by atoms with Gasteiger partial charge in [-0.3, -0.25) is 4.31 Å². The number of rotatable bonds is 5. The fourth-order valence-corrected chi connectivity index (χ4v) is 5.83. The zero-order chi connectivity index (χ0) is 20.9. The molecule has 0 fully saturated rings. The van der Waals surface area contributed by atoms with Crippen molar-refractivity contribution in [1.82, 2.24) is 4.72 Å². The molecule has 2 aromatic rings. The number of carboxylic acid groups (broad SMARTS) is 1. The Hall–Kier alpha value is -2.43. The van der Waals surface area contributed by atoms with E-state index in [2.05, 4.69) is 4.72 Å². The molecule has 2 N–H and O–H groups in total. The van der Waals surface area contributed by atoms with E-state index < -0.39 is 26.0 Å². The summed E-state index contributed by atoms with van der Waals surface area (Å²) in [4.78, 5) is 11.3. The number of aromatic carboxylic acids is 1. The maximum atomic E-state index is 13.3. The van der Waals surface area contributed by atoms with Crippen molar-refractivity contribution in [3.63, 3.8) is 0 Å². The van der Waals surface area contributed by atoms with Crippen molar-refractivity contribution in [3.05, 3.63) is 52.6 Å². The van der Waals surface area contributed by atoms with Crippen LogP contribution in [0.3, 0.4) is 0 Å². The molecule has 8 nitrogen and oxygen atoms in total. The van der Waals surface area contributed by atoms with Crippen molar-refractivity contribution in [2.45, 2.75) is 30.1 Å². The fourth-order valence-electron chi connectivity index (χ4n) is 3.22. The monoisotopic (exact) mass is 424 g/mol. The highest BCUT2D eigenvalue weighted by molar-refractivity contribution is 7.93. The lowest BCUT2D eigenvalue weighted by molar-refractivity contribution is 0.0696. The number of nitrogens with one attached hydrogen (secondary N) is 1. The Bertz CT molecular complexity index is 1190. The largest absolute Gasteiger partial charge is 0.478 e. The molecule has 0 bridgehead atoms. The van der Waals surface area contributed by atoms with Crippen molar-refractivity contribution < 1.29 is 26.7 Å². The Morgan fingerprint density at radius 2 is 1.79 bits per heavy atom. The molecule has 28 heavy (non-hydrogen) atoms. The summed E-state index contributed by atoms with van der Waals surface area (Å²) in [6, 6.07) is 6.88. The molecule has 10 heteroatoms. The van der Waals surface area contributed by atoms with Gasteiger partial charge in [-0.25, -0.2) is 26.4 Å². The summed E-state index contributed by atoms with van der Waals surface area (Å²) in [5, 5.41) is 9.27. The lowest BCUT2D eigenvalue weighted by atomic mass is 10.1. The van der Waals surface area contributed by atoms with Gasteiger partial charge in [0.05, 0.1) is 21.0 Å². The third kappa shape index (κ3) is 3.27. The van der Waals surface area contributed by atoms with Gasteiger partial charge >= 0.3 is 5.97 Å². The molecule has 2 aromatic carbocycles. The van der Waals surface area contributed by atoms with Gasteiger partial charge in [0.25, 0.3) is 10.0 Å². The second-order valence-electron chi connectivity index (χ2n) is 6.55. The maximum absolute atomic E-state index is 13.3. The van der Waals surface area contributed by atoms with Gasteiger partial charge in [-0.1, -0.05) is 0 Å². The summed E-state index contributed by atoms with van der Waals surface area (Å²) < 4.78 is 54.0. The molecule has 0 aliphatic carbocycles. The smallest absolute Gasteiger partial charge is 0.335 e. The molecular formula is C18H20N2O6S2. The van der Waals surface area contributed by atoms with Gasteiger partial charge < -0.3 is 5.11 Å². The van der Waals surface area contributed by atoms with Crippen molar-refractivity contribution in [2.75, 3.05) is 17.9 Å². The summed E-state index contributed by atoms with van der Waals surface area (Å²) in [5.74, 6) is -1.21. The highest BCUT2D eigenvalue weighted by Crippen LogP contribution is 2.36. The molecule has 0 radical (unpaired) electrons. The van der Waals surface area contributed by atoms with E-state index in [9.17, 15) is 26.7 Å². The Kier molecular flexibility index (Phi) is 4.98. The number of carboxylic acids is 1. The molecule has 0 saturated heterocycles. The van der Waals surface area contributed by atoms with Gasteiger partial charge in [-0.05, 0) is 74.3 Å². The summed E-state index contributed by atoms with van der Waals surface area (Å²) in [5.41, 5.74) is 1.94. The second kappa shape index (κ2) is 6.87. The van der Waals surface area contributed by atoms with Crippen molar-refractivity contribution >= 4 is 31.7 Å². The third-order valence-corrected chi connectivity index (χ3v) is 8.27. The molecule has 0 saturated carbocycles. The summed E-state index contributed by atoms with van der Waals surface area (Å²) >= 11 is 0. The van der Waals surface area contributed by atoms with E-state index >= 15 is 0 Å². The SMILES string of the molecule is CNS(=O)(=O)c1ccc2c(c1)CCN2S(=O)(=O)c1cc(C(=O)O)cc(C)c1C. The Labute approximate surface area is 163 Å². The number of aryl methyl sites for hydroxylation is 1. The van der Waals surface area contributed by atoms with E-state index in [0.29, 0.717) is 28.8 Å². The number of fused-ring (bicyclic) bond motifs is 1. The second-order valence-corrected chi connectivity index (χ2v) is 10.3. The van der Waals surface area contributed by atoms with Crippen LogP contribution in [-0.2, 0) is 26.5 Å². The molecule has 0 amide bonds. The molecular weight excluding hydrogens is 404 g/mol. The van der Waals surface area contributed by atoms with Crippen molar-refractivity contribution in [2.24, 2.45) is 0 Å². The first-order valence-corrected chi connectivity index (χ1v) is 11.3. The van der Waals surface area contributed by atoms with Crippen LogP contribution < -0.4 is 9.03 Å². The van der Waals surface area contributed by atoms with Crippen LogP contribution in [0, 0.1) is 13.8 Å². The molecule has 0 aromatic heterocycles. The highest BCUT2D eigenvalue weighted by atomic mass is 32.2. The molecule has 0 unspecified atom stereocenters. The van der Waals surface area contributed by atoms with Gasteiger partial charge in [0.15, 0.2) is 0 Å². The zero-order valence-corrected chi connectivity index (χ0v) is 17.2. The van der Waals surface area contributed by atoms with Crippen LogP contribution in [-0.4, -0.2) is 41.5 Å². The zero-order valence-electron chi connectivity index (χ0n) is 15.6. The lowest BCUT2D eigenvalue weighted by Gasteiger charge is -2.22. The number of benzene rings is 2. The molecule has 1 aliphatic rings. The van der Waals surface area contributed by atoms with E-state index in [4.69, 9.17) is 0 Å². The van der Waals surface area contributed by atoms with Crippen LogP contribution in [0.5, 0.6) is 0 Å². The fraction of sp³-hybridized carbons (Fsp3) is 0.278. The number of carbonyl (C=O) groups is 1. The number of hydrogen-bond donors (Lipinski definition) is 2. The van der Waals surface area contributed by atoms with Gasteiger partial charge in [-0.15, -0.1) is 0 Å². The standard InChI is InChI=1S/C18H20N2O6S2/c1-11-8-14(18(21)22)10-17(12(11)2)28(25,26)20-7-6-13-9-15(4-5-16(13)20)27(23,24)19-3/h4-5,8-10,19H,6-7H2,1-3H3,(H,21,22). The summed E-state index contributed by atoms with van der Waals surface area (Å²) in [7, 11) is -6.34. The lowest BCUT2D eigenvalue weighted by Crippen LogP contribution is -2.30. The van der Waals surface area contributed by atoms with Crippen LogP contribution in [0.1, 0.15) is 27.0 Å². The van der Waals surface area contributed by atoms with Gasteiger partial charge in [-0.2, -0.15) is 0 Å². The summed E-state index contributed by atoms with van der Waals surface area (Å²) in [6.45, 7) is 3.44. The predicted molar refractivity (Wildman–Crippen MR) is 104 cm³/mol. The van der Waals surface area contributed by atoms with Crippen LogP contribution in [0.4, 0.5) is 5.69 Å². The first kappa shape index (κ1) is 20.3. The average Bonchev–Trinajstić information content (AvgIpc) is 3.07. The van der Waals surface area contributed by atoms with Gasteiger partial charge in [0.2, 0.25) is 10.0 Å². The molecule has 0 atom stereocenters. The maximum Gasteiger partial charge on any atom is 0.335 e. The topological polar surface area (TPSA) is 121 Å². The van der Waals surface area contributed by atoms with Crippen molar-refractivity contribution in [3.8, 4) is 0 Å². The van der Waals surface area contributed by atoms with Crippen LogP contribution in [0.2, 0.25) is 0 Å². The minimum absolute atomic E-state index is 0.0629. The van der Waals surface area contributed by atoms with Crippen LogP contribution in [0.15, 0.2) is 40.1 Å². The van der Waals surface area contributed by atoms with E-state index in [0.717, 1.165) is 6.07 Å². The Balaban J connectivity index is 2.11. The van der Waals surface area contributed by atoms with Crippen molar-refractivity contribution in [1.29, 1.82) is 0 Å². The summed E-state index contributed by atoms with van der Waals surface area (Å²) in [6.07, 6.45) is 0.359. The normalized spacial score (nSPS) is 14.2. The van der Waals surface area contributed by atoms with Crippen LogP contribution >= 0.6 is 0 Å². The predicted octanol–water partition coefficient (Wildman–Crippen LogP) is 1.66. The average molecular weight is 425 g/mol. The van der Waals surface area contributed by atoms with Gasteiger partial charge in [0.1, 0.15) is 0 Å². The first-order valence-electron chi connectivity index (χ1n) is 8.43. The molecule has 3 rings (SSSR count). The highest BCUT2D eigenvalue weighted by Gasteiger charge is 2.33. The number of anilines is 1.